The first-order valence-electron chi connectivity index (χ1n) is 6.71. The van der Waals surface area contributed by atoms with Crippen molar-refractivity contribution < 1.29 is 4.74 Å². The second kappa shape index (κ2) is 8.04. The highest BCUT2D eigenvalue weighted by Crippen LogP contribution is 2.19. The first-order chi connectivity index (χ1) is 7.77. The molecule has 0 saturated carbocycles. The molecule has 16 heavy (non-hydrogen) atoms. The number of hydrogen-bond donors (Lipinski definition) is 1. The highest BCUT2D eigenvalue weighted by atomic mass is 16.5. The van der Waals surface area contributed by atoms with Gasteiger partial charge in [0.25, 0.3) is 0 Å². The Morgan fingerprint density at radius 2 is 2.25 bits per heavy atom. The zero-order valence-electron chi connectivity index (χ0n) is 11.2. The molecule has 0 radical (unpaired) electrons. The third-order valence-electron chi connectivity index (χ3n) is 3.51. The molecule has 3 nitrogen and oxygen atoms in total. The van der Waals surface area contributed by atoms with Gasteiger partial charge in [-0.3, -0.25) is 0 Å². The van der Waals surface area contributed by atoms with Gasteiger partial charge in [0, 0.05) is 19.7 Å². The number of nitrogens with one attached hydrogen (secondary N) is 1. The molecule has 0 aromatic heterocycles. The lowest BCUT2D eigenvalue weighted by molar-refractivity contribution is 0.147. The van der Waals surface area contributed by atoms with Crippen molar-refractivity contribution in [2.75, 3.05) is 39.9 Å². The normalized spacial score (nSPS) is 23.8. The van der Waals surface area contributed by atoms with E-state index in [0.717, 1.165) is 25.6 Å². The highest BCUT2D eigenvalue weighted by Gasteiger charge is 2.25. The molecule has 1 heterocycles. The third kappa shape index (κ3) is 4.81. The Balaban J connectivity index is 2.10. The van der Waals surface area contributed by atoms with Crippen LogP contribution in [-0.2, 0) is 4.74 Å². The molecule has 0 aromatic rings. The molecule has 96 valence electrons. The Morgan fingerprint density at radius 1 is 1.44 bits per heavy atom. The number of likely N-dealkylation sites (tertiary alicyclic amines) is 1. The van der Waals surface area contributed by atoms with Gasteiger partial charge in [-0.05, 0) is 51.7 Å². The molecule has 1 N–H and O–H groups in total. The predicted octanol–water partition coefficient (Wildman–Crippen LogP) is 1.73. The van der Waals surface area contributed by atoms with Crippen LogP contribution < -0.4 is 5.32 Å². The summed E-state index contributed by atoms with van der Waals surface area (Å²) < 4.78 is 5.23. The fourth-order valence-electron chi connectivity index (χ4n) is 2.43. The number of methoxy groups -OCH3 is 1. The minimum atomic E-state index is 0.714. The molecule has 2 atom stereocenters. The molecule has 0 spiro atoms. The average Bonchev–Trinajstić information content (AvgIpc) is 2.73. The summed E-state index contributed by atoms with van der Waals surface area (Å²) in [5.74, 6) is 0.760. The molecule has 1 saturated heterocycles. The van der Waals surface area contributed by atoms with Crippen LogP contribution in [0.25, 0.3) is 0 Å². The first kappa shape index (κ1) is 13.9. The Bertz CT molecular complexity index is 175. The zero-order valence-corrected chi connectivity index (χ0v) is 11.2. The minimum absolute atomic E-state index is 0.714. The summed E-state index contributed by atoms with van der Waals surface area (Å²) in [5.41, 5.74) is 0. The van der Waals surface area contributed by atoms with Crippen LogP contribution in [0.3, 0.4) is 0 Å². The number of hydrogen-bond acceptors (Lipinski definition) is 3. The predicted molar refractivity (Wildman–Crippen MR) is 68.8 cm³/mol. The SMILES string of the molecule is CCCNCCC(C)N1CCC(COC)C1. The van der Waals surface area contributed by atoms with Gasteiger partial charge in [-0.2, -0.15) is 0 Å². The molecule has 1 aliphatic rings. The van der Waals surface area contributed by atoms with Gasteiger partial charge in [0.2, 0.25) is 0 Å². The van der Waals surface area contributed by atoms with Gasteiger partial charge in [-0.25, -0.2) is 0 Å². The average molecular weight is 228 g/mol. The number of rotatable bonds is 8. The van der Waals surface area contributed by atoms with E-state index in [-0.39, 0.29) is 0 Å². The largest absolute Gasteiger partial charge is 0.384 e. The maximum atomic E-state index is 5.23. The zero-order chi connectivity index (χ0) is 11.8. The molecular formula is C13H28N2O. The van der Waals surface area contributed by atoms with Crippen LogP contribution in [-0.4, -0.2) is 50.8 Å². The van der Waals surface area contributed by atoms with Gasteiger partial charge >= 0.3 is 0 Å². The van der Waals surface area contributed by atoms with E-state index in [1.807, 2.05) is 0 Å². The summed E-state index contributed by atoms with van der Waals surface area (Å²) in [6, 6.07) is 0.714. The molecule has 0 amide bonds. The summed E-state index contributed by atoms with van der Waals surface area (Å²) in [7, 11) is 1.81. The van der Waals surface area contributed by atoms with E-state index in [2.05, 4.69) is 24.1 Å². The lowest BCUT2D eigenvalue weighted by Gasteiger charge is -2.24. The van der Waals surface area contributed by atoms with Gasteiger partial charge in [0.1, 0.15) is 0 Å². The Hall–Kier alpha value is -0.120. The van der Waals surface area contributed by atoms with E-state index in [4.69, 9.17) is 4.74 Å². The van der Waals surface area contributed by atoms with Crippen molar-refractivity contribution in [2.45, 2.75) is 39.2 Å². The van der Waals surface area contributed by atoms with E-state index >= 15 is 0 Å². The van der Waals surface area contributed by atoms with Crippen molar-refractivity contribution in [2.24, 2.45) is 5.92 Å². The van der Waals surface area contributed by atoms with Gasteiger partial charge < -0.3 is 15.0 Å². The van der Waals surface area contributed by atoms with Crippen molar-refractivity contribution in [3.8, 4) is 0 Å². The van der Waals surface area contributed by atoms with Crippen LogP contribution >= 0.6 is 0 Å². The molecule has 0 aromatic carbocycles. The van der Waals surface area contributed by atoms with E-state index < -0.39 is 0 Å². The summed E-state index contributed by atoms with van der Waals surface area (Å²) >= 11 is 0. The van der Waals surface area contributed by atoms with E-state index in [9.17, 15) is 0 Å². The summed E-state index contributed by atoms with van der Waals surface area (Å²) in [6.07, 6.45) is 3.80. The maximum Gasteiger partial charge on any atom is 0.0503 e. The van der Waals surface area contributed by atoms with Crippen molar-refractivity contribution in [3.05, 3.63) is 0 Å². The van der Waals surface area contributed by atoms with E-state index in [0.29, 0.717) is 6.04 Å². The molecule has 1 rings (SSSR count). The number of ether oxygens (including phenoxy) is 1. The Kier molecular flexibility index (Phi) is 7.01. The number of nitrogens with zero attached hydrogens (tertiary/aromatic N) is 1. The van der Waals surface area contributed by atoms with E-state index in [1.165, 1.54) is 32.4 Å². The lowest BCUT2D eigenvalue weighted by Crippen LogP contribution is -2.34. The third-order valence-corrected chi connectivity index (χ3v) is 3.51. The fourth-order valence-corrected chi connectivity index (χ4v) is 2.43. The molecule has 2 unspecified atom stereocenters. The molecule has 3 heteroatoms. The van der Waals surface area contributed by atoms with Crippen molar-refractivity contribution in [1.82, 2.24) is 10.2 Å². The molecule has 1 fully saturated rings. The molecular weight excluding hydrogens is 200 g/mol. The quantitative estimate of drug-likeness (QED) is 0.640. The second-order valence-corrected chi connectivity index (χ2v) is 4.99. The Labute approximate surface area is 101 Å². The second-order valence-electron chi connectivity index (χ2n) is 4.99. The standard InChI is InChI=1S/C13H28N2O/c1-4-7-14-8-5-12(2)15-9-6-13(10-15)11-16-3/h12-14H,4-11H2,1-3H3. The van der Waals surface area contributed by atoms with Crippen LogP contribution in [0.4, 0.5) is 0 Å². The smallest absolute Gasteiger partial charge is 0.0503 e. The van der Waals surface area contributed by atoms with Gasteiger partial charge in [0.05, 0.1) is 6.61 Å². The van der Waals surface area contributed by atoms with Crippen molar-refractivity contribution >= 4 is 0 Å². The monoisotopic (exact) mass is 228 g/mol. The van der Waals surface area contributed by atoms with Gasteiger partial charge in [-0.15, -0.1) is 0 Å². The minimum Gasteiger partial charge on any atom is -0.384 e. The Morgan fingerprint density at radius 3 is 2.94 bits per heavy atom. The first-order valence-corrected chi connectivity index (χ1v) is 6.71. The fraction of sp³-hybridized carbons (Fsp3) is 1.00. The lowest BCUT2D eigenvalue weighted by atomic mass is 10.1. The summed E-state index contributed by atoms with van der Waals surface area (Å²) in [5, 5.41) is 3.47. The molecule has 0 bridgehead atoms. The van der Waals surface area contributed by atoms with Gasteiger partial charge in [-0.1, -0.05) is 6.92 Å². The molecule has 1 aliphatic heterocycles. The van der Waals surface area contributed by atoms with Crippen LogP contribution in [0.1, 0.15) is 33.1 Å². The topological polar surface area (TPSA) is 24.5 Å². The van der Waals surface area contributed by atoms with E-state index in [1.54, 1.807) is 7.11 Å². The maximum absolute atomic E-state index is 5.23. The molecule has 0 aliphatic carbocycles. The highest BCUT2D eigenvalue weighted by molar-refractivity contribution is 4.79. The summed E-state index contributed by atoms with van der Waals surface area (Å²) in [4.78, 5) is 2.61. The van der Waals surface area contributed by atoms with Crippen LogP contribution in [0.2, 0.25) is 0 Å². The van der Waals surface area contributed by atoms with Crippen LogP contribution in [0.5, 0.6) is 0 Å². The van der Waals surface area contributed by atoms with Gasteiger partial charge in [0.15, 0.2) is 0 Å². The van der Waals surface area contributed by atoms with Crippen LogP contribution in [0, 0.1) is 5.92 Å². The van der Waals surface area contributed by atoms with Crippen LogP contribution in [0.15, 0.2) is 0 Å². The summed E-state index contributed by atoms with van der Waals surface area (Å²) in [6.45, 7) is 10.3. The van der Waals surface area contributed by atoms with Crippen molar-refractivity contribution in [1.29, 1.82) is 0 Å². The van der Waals surface area contributed by atoms with Crippen molar-refractivity contribution in [3.63, 3.8) is 0 Å².